The molecule has 0 unspecified atom stereocenters. The Kier molecular flexibility index (Phi) is 16.2. The third kappa shape index (κ3) is 11.5. The highest BCUT2D eigenvalue weighted by atomic mass is 16.4. The molecule has 0 bridgehead atoms. The smallest absolute Gasteiger partial charge is 0.327 e. The quantitative estimate of drug-likeness (QED) is 0.378. The van der Waals surface area contributed by atoms with Gasteiger partial charge >= 0.3 is 5.97 Å². The lowest BCUT2D eigenvalue weighted by molar-refractivity contribution is -0.141. The van der Waals surface area contributed by atoms with E-state index in [1.807, 2.05) is 95.3 Å². The highest BCUT2D eigenvalue weighted by molar-refractivity contribution is 5.83. The third-order valence-corrected chi connectivity index (χ3v) is 4.88. The molecule has 3 aromatic rings. The summed E-state index contributed by atoms with van der Waals surface area (Å²) in [5, 5.41) is 12.0. The summed E-state index contributed by atoms with van der Waals surface area (Å²) in [5.41, 5.74) is 9.85. The molecule has 2 atom stereocenters. The van der Waals surface area contributed by atoms with E-state index in [4.69, 9.17) is 5.73 Å². The van der Waals surface area contributed by atoms with E-state index in [9.17, 15) is 14.7 Å². The van der Waals surface area contributed by atoms with E-state index in [0.717, 1.165) is 11.1 Å². The average Bonchev–Trinajstić information content (AvgIpc) is 2.88. The van der Waals surface area contributed by atoms with E-state index in [-0.39, 0.29) is 11.9 Å². The normalized spacial score (nSPS) is 11.2. The maximum atomic E-state index is 11.6. The second-order valence-electron chi connectivity index (χ2n) is 7.51. The predicted octanol–water partition coefficient (Wildman–Crippen LogP) is 6.47. The highest BCUT2D eigenvalue weighted by Gasteiger charge is 2.31. The molecule has 0 aliphatic carbocycles. The molecule has 0 radical (unpaired) electrons. The fourth-order valence-corrected chi connectivity index (χ4v) is 3.27. The maximum Gasteiger partial charge on any atom is 0.327 e. The molecule has 0 spiro atoms. The van der Waals surface area contributed by atoms with Gasteiger partial charge in [-0.2, -0.15) is 0 Å². The molecule has 0 fully saturated rings. The lowest BCUT2D eigenvalue weighted by Crippen LogP contribution is -2.44. The van der Waals surface area contributed by atoms with Crippen molar-refractivity contribution in [3.63, 3.8) is 0 Å². The van der Waals surface area contributed by atoms with Gasteiger partial charge < -0.3 is 16.2 Å². The zero-order valence-electron chi connectivity index (χ0n) is 22.2. The Labute approximate surface area is 211 Å². The van der Waals surface area contributed by atoms with E-state index >= 15 is 0 Å². The molecule has 35 heavy (non-hydrogen) atoms. The Morgan fingerprint density at radius 3 is 1.46 bits per heavy atom. The van der Waals surface area contributed by atoms with Gasteiger partial charge in [0, 0.05) is 18.9 Å². The van der Waals surface area contributed by atoms with Crippen LogP contribution in [0.2, 0.25) is 0 Å². The van der Waals surface area contributed by atoms with Gasteiger partial charge in [-0.1, -0.05) is 118 Å². The Morgan fingerprint density at radius 1 is 0.743 bits per heavy atom. The summed E-state index contributed by atoms with van der Waals surface area (Å²) >= 11 is 0. The summed E-state index contributed by atoms with van der Waals surface area (Å²) < 4.78 is 0. The number of carbonyl (C=O) groups excluding carboxylic acids is 1. The zero-order chi connectivity index (χ0) is 26.8. The van der Waals surface area contributed by atoms with Crippen LogP contribution >= 0.6 is 0 Å². The molecular weight excluding hydrogens is 436 g/mol. The van der Waals surface area contributed by atoms with Crippen LogP contribution < -0.4 is 11.1 Å². The van der Waals surface area contributed by atoms with Crippen molar-refractivity contribution in [3.8, 4) is 0 Å². The summed E-state index contributed by atoms with van der Waals surface area (Å²) in [6.07, 6.45) is 0. The number of rotatable bonds is 6. The van der Waals surface area contributed by atoms with Crippen molar-refractivity contribution >= 4 is 11.9 Å². The van der Waals surface area contributed by atoms with Gasteiger partial charge in [0.25, 0.3) is 0 Å². The van der Waals surface area contributed by atoms with Gasteiger partial charge in [-0.05, 0) is 30.5 Å². The van der Waals surface area contributed by atoms with Crippen molar-refractivity contribution in [1.82, 2.24) is 5.32 Å². The monoisotopic (exact) mass is 478 g/mol. The number of amides is 1. The number of hydrogen-bond donors (Lipinski definition) is 3. The van der Waals surface area contributed by atoms with Crippen LogP contribution in [0.15, 0.2) is 84.9 Å². The Hall–Kier alpha value is -3.44. The molecule has 0 aromatic heterocycles. The van der Waals surface area contributed by atoms with Crippen LogP contribution in [0.1, 0.15) is 75.8 Å². The van der Waals surface area contributed by atoms with E-state index < -0.39 is 17.9 Å². The first kappa shape index (κ1) is 31.6. The molecule has 3 rings (SSSR count). The number of nitrogens with one attached hydrogen (secondary N) is 1. The minimum Gasteiger partial charge on any atom is -0.480 e. The second-order valence-corrected chi connectivity index (χ2v) is 7.51. The summed E-state index contributed by atoms with van der Waals surface area (Å²) in [4.78, 5) is 23.0. The van der Waals surface area contributed by atoms with E-state index in [1.165, 1.54) is 18.1 Å². The van der Waals surface area contributed by atoms with Gasteiger partial charge in [-0.3, -0.25) is 4.79 Å². The minimum absolute atomic E-state index is 0.153. The summed E-state index contributed by atoms with van der Waals surface area (Å²) in [6, 6.07) is 26.1. The molecule has 0 aliphatic rings. The van der Waals surface area contributed by atoms with E-state index in [1.54, 1.807) is 0 Å². The fourth-order valence-electron chi connectivity index (χ4n) is 3.27. The van der Waals surface area contributed by atoms with Gasteiger partial charge in [0.05, 0.1) is 0 Å². The van der Waals surface area contributed by atoms with Crippen LogP contribution in [0.4, 0.5) is 0 Å². The van der Waals surface area contributed by atoms with Crippen LogP contribution in [0.3, 0.4) is 0 Å². The van der Waals surface area contributed by atoms with Crippen LogP contribution in [-0.4, -0.2) is 23.0 Å². The first-order chi connectivity index (χ1) is 16.8. The Balaban J connectivity index is 0.000000691. The topological polar surface area (TPSA) is 92.4 Å². The molecule has 4 N–H and O–H groups in total. The third-order valence-electron chi connectivity index (χ3n) is 4.88. The molecule has 3 aromatic carbocycles. The van der Waals surface area contributed by atoms with Gasteiger partial charge in [-0.15, -0.1) is 0 Å². The number of carboxylic acid groups (broad SMARTS) is 1. The zero-order valence-corrected chi connectivity index (χ0v) is 22.2. The van der Waals surface area contributed by atoms with Crippen LogP contribution in [0, 0.1) is 6.92 Å². The first-order valence-electron chi connectivity index (χ1n) is 12.2. The lowest BCUT2D eigenvalue weighted by Gasteiger charge is -2.25. The second kappa shape index (κ2) is 18.0. The number of hydrogen-bond acceptors (Lipinski definition) is 3. The summed E-state index contributed by atoms with van der Waals surface area (Å²) in [5.74, 6) is -1.85. The molecule has 1 amide bonds. The van der Waals surface area contributed by atoms with E-state index in [2.05, 4.69) is 36.5 Å². The van der Waals surface area contributed by atoms with Crippen molar-refractivity contribution < 1.29 is 14.7 Å². The summed E-state index contributed by atoms with van der Waals surface area (Å²) in [6.45, 7) is 13.4. The number of benzene rings is 3. The first-order valence-corrected chi connectivity index (χ1v) is 12.2. The maximum absolute atomic E-state index is 11.6. The lowest BCUT2D eigenvalue weighted by atomic mass is 9.85. The Morgan fingerprint density at radius 2 is 1.14 bits per heavy atom. The molecule has 0 saturated carbocycles. The number of aliphatic carboxylic acids is 1. The van der Waals surface area contributed by atoms with Crippen LogP contribution in [0.25, 0.3) is 0 Å². The largest absolute Gasteiger partial charge is 0.480 e. The molecule has 0 aliphatic heterocycles. The molecular formula is C30H42N2O3. The van der Waals surface area contributed by atoms with Crippen LogP contribution in [0.5, 0.6) is 0 Å². The van der Waals surface area contributed by atoms with Crippen molar-refractivity contribution in [2.75, 3.05) is 0 Å². The number of aryl methyl sites for hydroxylation is 1. The molecule has 5 nitrogen and oxygen atoms in total. The average molecular weight is 479 g/mol. The molecule has 0 heterocycles. The number of nitrogens with two attached hydrogens (primary N) is 1. The highest BCUT2D eigenvalue weighted by Crippen LogP contribution is 2.28. The fraction of sp³-hybridized carbons (Fsp3) is 0.333. The van der Waals surface area contributed by atoms with Gasteiger partial charge in [0.1, 0.15) is 6.04 Å². The number of carbonyl (C=O) groups is 2. The number of carboxylic acids is 1. The van der Waals surface area contributed by atoms with Crippen molar-refractivity contribution in [2.45, 2.75) is 66.5 Å². The minimum atomic E-state index is -1.05. The van der Waals surface area contributed by atoms with Crippen molar-refractivity contribution in [2.24, 2.45) is 5.73 Å². The Bertz CT molecular complexity index is 916. The van der Waals surface area contributed by atoms with Crippen LogP contribution in [-0.2, 0) is 9.59 Å². The predicted molar refractivity (Wildman–Crippen MR) is 146 cm³/mol. The summed E-state index contributed by atoms with van der Waals surface area (Å²) in [7, 11) is 0. The van der Waals surface area contributed by atoms with Gasteiger partial charge in [0.2, 0.25) is 5.91 Å². The van der Waals surface area contributed by atoms with Crippen molar-refractivity contribution in [3.05, 3.63) is 107 Å². The molecule has 5 heteroatoms. The van der Waals surface area contributed by atoms with Gasteiger partial charge in [-0.25, -0.2) is 4.79 Å². The molecule has 190 valence electrons. The van der Waals surface area contributed by atoms with E-state index in [0.29, 0.717) is 0 Å². The standard InChI is InChI=1S/C17H17NO3.C9H13N.2C2H6/c1-12(19)18-16(17(20)21)15(13-8-4-2-5-9-13)14-10-6-3-7-11-14;1-7-3-5-9(6-4-7)8(2)10;2*1-2/h2-11,15-16H,1H3,(H,18,19)(H,20,21);3-6,8H,10H2,1-2H3;2*1-2H3/t16-;8-;;/m10../s1. The molecule has 0 saturated heterocycles. The van der Waals surface area contributed by atoms with Crippen molar-refractivity contribution in [1.29, 1.82) is 0 Å². The van der Waals surface area contributed by atoms with Gasteiger partial charge in [0.15, 0.2) is 0 Å². The SMILES string of the molecule is CC.CC.CC(=O)N[C@@H](C(=O)O)C(c1ccccc1)c1ccccc1.Cc1ccc([C@H](C)N)cc1.